The molecule has 1 aromatic rings. The monoisotopic (exact) mass is 234 g/mol. The molecule has 0 heterocycles. The fourth-order valence-electron chi connectivity index (χ4n) is 1.28. The van der Waals surface area contributed by atoms with Crippen LogP contribution in [0.4, 0.5) is 0 Å². The molecule has 0 N–H and O–H groups in total. The SMILES string of the molecule is C#[N+]C(C(=O)OC)c1ccc(OC(C)=O)cc1. The van der Waals surface area contributed by atoms with Crippen molar-refractivity contribution in [3.8, 4) is 12.3 Å². The number of hydrogen-bond donors (Lipinski definition) is 0. The van der Waals surface area contributed by atoms with Gasteiger partial charge in [0.2, 0.25) is 0 Å². The second-order valence-electron chi connectivity index (χ2n) is 3.24. The van der Waals surface area contributed by atoms with Gasteiger partial charge in [0.15, 0.2) is 0 Å². The van der Waals surface area contributed by atoms with Gasteiger partial charge in [0.25, 0.3) is 6.57 Å². The molecule has 0 aliphatic rings. The lowest BCUT2D eigenvalue weighted by atomic mass is 10.1. The molecule has 88 valence electrons. The zero-order valence-electron chi connectivity index (χ0n) is 9.54. The topological polar surface area (TPSA) is 57.0 Å². The van der Waals surface area contributed by atoms with E-state index in [0.29, 0.717) is 11.3 Å². The maximum absolute atomic E-state index is 11.3. The summed E-state index contributed by atoms with van der Waals surface area (Å²) in [5.41, 5.74) is 0.565. The standard InChI is InChI=1S/C12H12NO4/c1-8(14)17-10-6-4-9(5-7-10)11(13-2)12(15)16-3/h2,4-7,11H,1,3H3/q+1. The summed E-state index contributed by atoms with van der Waals surface area (Å²) in [5, 5.41) is 0. The van der Waals surface area contributed by atoms with E-state index in [1.165, 1.54) is 14.0 Å². The normalized spacial score (nSPS) is 11.1. The molecule has 0 saturated heterocycles. The molecular formula is C12H12NO4+. The van der Waals surface area contributed by atoms with Crippen molar-refractivity contribution in [3.05, 3.63) is 34.7 Å². The maximum atomic E-state index is 11.3. The van der Waals surface area contributed by atoms with Gasteiger partial charge in [-0.1, -0.05) is 4.85 Å². The van der Waals surface area contributed by atoms with Gasteiger partial charge in [0.05, 0.1) is 12.7 Å². The van der Waals surface area contributed by atoms with Crippen LogP contribution < -0.4 is 4.74 Å². The Morgan fingerprint density at radius 3 is 2.29 bits per heavy atom. The molecule has 5 heteroatoms. The molecule has 0 aliphatic heterocycles. The quantitative estimate of drug-likeness (QED) is 0.591. The average molecular weight is 234 g/mol. The van der Waals surface area contributed by atoms with E-state index in [1.54, 1.807) is 24.3 Å². The van der Waals surface area contributed by atoms with Crippen LogP contribution in [0.1, 0.15) is 18.5 Å². The summed E-state index contributed by atoms with van der Waals surface area (Å²) < 4.78 is 9.41. The molecule has 0 aliphatic carbocycles. The van der Waals surface area contributed by atoms with Crippen molar-refractivity contribution >= 4 is 11.9 Å². The highest BCUT2D eigenvalue weighted by atomic mass is 16.5. The summed E-state index contributed by atoms with van der Waals surface area (Å²) in [5.74, 6) is -0.569. The van der Waals surface area contributed by atoms with Crippen molar-refractivity contribution < 1.29 is 19.1 Å². The van der Waals surface area contributed by atoms with Gasteiger partial charge < -0.3 is 9.47 Å². The van der Waals surface area contributed by atoms with Crippen LogP contribution in [-0.4, -0.2) is 19.0 Å². The Morgan fingerprint density at radius 2 is 1.88 bits per heavy atom. The van der Waals surface area contributed by atoms with Crippen molar-refractivity contribution in [1.29, 1.82) is 0 Å². The third-order valence-corrected chi connectivity index (χ3v) is 2.03. The molecular weight excluding hydrogens is 222 g/mol. The van der Waals surface area contributed by atoms with Gasteiger partial charge in [-0.15, -0.1) is 0 Å². The van der Waals surface area contributed by atoms with Crippen LogP contribution in [0.5, 0.6) is 5.75 Å². The molecule has 0 bridgehead atoms. The lowest BCUT2D eigenvalue weighted by Gasteiger charge is -2.03. The van der Waals surface area contributed by atoms with Crippen LogP contribution in [0.25, 0.3) is 4.85 Å². The Kier molecular flexibility index (Phi) is 4.23. The lowest BCUT2D eigenvalue weighted by Crippen LogP contribution is -2.10. The number of ether oxygens (including phenoxy) is 2. The minimum atomic E-state index is -0.869. The first-order valence-corrected chi connectivity index (χ1v) is 4.84. The predicted molar refractivity (Wildman–Crippen MR) is 60.8 cm³/mol. The van der Waals surface area contributed by atoms with E-state index in [2.05, 4.69) is 9.58 Å². The molecule has 1 aromatic carbocycles. The van der Waals surface area contributed by atoms with Gasteiger partial charge in [-0.25, -0.2) is 4.79 Å². The van der Waals surface area contributed by atoms with Gasteiger partial charge in [0, 0.05) is 6.92 Å². The molecule has 0 saturated carbocycles. The second kappa shape index (κ2) is 5.66. The van der Waals surface area contributed by atoms with E-state index in [-0.39, 0.29) is 0 Å². The summed E-state index contributed by atoms with van der Waals surface area (Å²) in [6, 6.07) is 5.42. The number of nitrogens with zero attached hydrogens (tertiary/aromatic N) is 1. The summed E-state index contributed by atoms with van der Waals surface area (Å²) in [6.07, 6.45) is 0. The Bertz CT molecular complexity index is 458. The molecule has 0 fully saturated rings. The van der Waals surface area contributed by atoms with Crippen LogP contribution in [0.3, 0.4) is 0 Å². The third kappa shape index (κ3) is 3.31. The smallest absolute Gasteiger partial charge is 0.399 e. The van der Waals surface area contributed by atoms with Gasteiger partial charge in [-0.2, -0.15) is 0 Å². The Hall–Kier alpha value is -2.35. The first-order valence-electron chi connectivity index (χ1n) is 4.84. The molecule has 17 heavy (non-hydrogen) atoms. The Labute approximate surface area is 98.8 Å². The number of carbonyl (C=O) groups excluding carboxylic acids is 2. The summed E-state index contributed by atoms with van der Waals surface area (Å²) >= 11 is 0. The van der Waals surface area contributed by atoms with Crippen molar-refractivity contribution in [2.75, 3.05) is 7.11 Å². The number of esters is 2. The third-order valence-electron chi connectivity index (χ3n) is 2.03. The van der Waals surface area contributed by atoms with Crippen LogP contribution in [0, 0.1) is 6.57 Å². The van der Waals surface area contributed by atoms with Crippen molar-refractivity contribution in [2.24, 2.45) is 0 Å². The van der Waals surface area contributed by atoms with E-state index in [1.807, 2.05) is 0 Å². The Morgan fingerprint density at radius 1 is 1.29 bits per heavy atom. The van der Waals surface area contributed by atoms with Gasteiger partial charge in [-0.05, 0) is 24.3 Å². The van der Waals surface area contributed by atoms with Crippen LogP contribution in [0.2, 0.25) is 0 Å². The fraction of sp³-hybridized carbons (Fsp3) is 0.250. The zero-order valence-corrected chi connectivity index (χ0v) is 9.54. The number of carbonyl (C=O) groups is 2. The van der Waals surface area contributed by atoms with Gasteiger partial charge in [-0.3, -0.25) is 4.79 Å². The number of hydrogen-bond acceptors (Lipinski definition) is 4. The number of rotatable bonds is 3. The summed E-state index contributed by atoms with van der Waals surface area (Å²) in [4.78, 5) is 25.5. The second-order valence-corrected chi connectivity index (χ2v) is 3.24. The largest absolute Gasteiger partial charge is 0.463 e. The van der Waals surface area contributed by atoms with Crippen LogP contribution >= 0.6 is 0 Å². The first kappa shape index (κ1) is 12.7. The molecule has 0 radical (unpaired) electrons. The minimum Gasteiger partial charge on any atom is -0.463 e. The zero-order chi connectivity index (χ0) is 12.8. The van der Waals surface area contributed by atoms with E-state index in [4.69, 9.17) is 11.3 Å². The molecule has 0 amide bonds. The Balaban J connectivity index is 2.90. The number of methoxy groups -OCH3 is 1. The van der Waals surface area contributed by atoms with Crippen molar-refractivity contribution in [3.63, 3.8) is 0 Å². The van der Waals surface area contributed by atoms with Crippen molar-refractivity contribution in [1.82, 2.24) is 0 Å². The molecule has 0 aromatic heterocycles. The van der Waals surface area contributed by atoms with E-state index >= 15 is 0 Å². The summed E-state index contributed by atoms with van der Waals surface area (Å²) in [7, 11) is 1.26. The van der Waals surface area contributed by atoms with Crippen LogP contribution in [0.15, 0.2) is 24.3 Å². The molecule has 5 nitrogen and oxygen atoms in total. The maximum Gasteiger partial charge on any atom is 0.399 e. The lowest BCUT2D eigenvalue weighted by molar-refractivity contribution is -0.141. The molecule has 1 unspecified atom stereocenters. The predicted octanol–water partition coefficient (Wildman–Crippen LogP) is 1.79. The highest BCUT2D eigenvalue weighted by Gasteiger charge is 2.30. The fourth-order valence-corrected chi connectivity index (χ4v) is 1.28. The molecule has 1 atom stereocenters. The number of benzene rings is 1. The van der Waals surface area contributed by atoms with Crippen molar-refractivity contribution in [2.45, 2.75) is 13.0 Å². The minimum absolute atomic E-state index is 0.391. The van der Waals surface area contributed by atoms with Gasteiger partial charge in [0.1, 0.15) is 5.75 Å². The van der Waals surface area contributed by atoms with E-state index < -0.39 is 18.0 Å². The first-order chi connectivity index (χ1) is 8.08. The average Bonchev–Trinajstić information content (AvgIpc) is 2.31. The molecule has 0 spiro atoms. The highest BCUT2D eigenvalue weighted by molar-refractivity contribution is 5.79. The van der Waals surface area contributed by atoms with Crippen LogP contribution in [-0.2, 0) is 14.3 Å². The van der Waals surface area contributed by atoms with Gasteiger partial charge >= 0.3 is 18.0 Å². The summed E-state index contributed by atoms with van der Waals surface area (Å²) in [6.45, 7) is 6.44. The van der Waals surface area contributed by atoms with E-state index in [0.717, 1.165) is 0 Å². The van der Waals surface area contributed by atoms with E-state index in [9.17, 15) is 9.59 Å². The highest BCUT2D eigenvalue weighted by Crippen LogP contribution is 2.21. The molecule has 1 rings (SSSR count).